The van der Waals surface area contributed by atoms with Crippen LogP contribution in [0.3, 0.4) is 0 Å². The fourth-order valence-corrected chi connectivity index (χ4v) is 2.48. The Labute approximate surface area is 132 Å². The summed E-state index contributed by atoms with van der Waals surface area (Å²) >= 11 is 12.4. The molecule has 0 bridgehead atoms. The van der Waals surface area contributed by atoms with Gasteiger partial charge in [0.05, 0.1) is 24.4 Å². The normalized spacial score (nSPS) is 10.7. The zero-order valence-electron chi connectivity index (χ0n) is 11.4. The molecule has 21 heavy (non-hydrogen) atoms. The third-order valence-corrected chi connectivity index (χ3v) is 3.72. The van der Waals surface area contributed by atoms with Crippen LogP contribution in [-0.2, 0) is 6.54 Å². The van der Waals surface area contributed by atoms with E-state index >= 15 is 0 Å². The summed E-state index contributed by atoms with van der Waals surface area (Å²) in [5.41, 5.74) is 1.71. The molecule has 2 rings (SSSR count). The van der Waals surface area contributed by atoms with Gasteiger partial charge in [-0.2, -0.15) is 5.10 Å². The lowest BCUT2D eigenvalue weighted by molar-refractivity contribution is 0.0944. The molecule has 2 aromatic rings. The molecule has 0 saturated heterocycles. The van der Waals surface area contributed by atoms with Crippen molar-refractivity contribution in [3.05, 3.63) is 51.3 Å². The third-order valence-electron chi connectivity index (χ3n) is 2.97. The number of benzene rings is 1. The summed E-state index contributed by atoms with van der Waals surface area (Å²) in [4.78, 5) is 12.0. The Hall–Kier alpha value is -1.56. The minimum Gasteiger partial charge on any atom is -0.395 e. The number of aryl methyl sites for hydroxylation is 1. The minimum atomic E-state index is -0.350. The molecule has 1 amide bonds. The van der Waals surface area contributed by atoms with E-state index < -0.39 is 0 Å². The fraction of sp³-hybridized carbons (Fsp3) is 0.286. The van der Waals surface area contributed by atoms with Gasteiger partial charge in [-0.05, 0) is 18.6 Å². The molecule has 2 N–H and O–H groups in total. The predicted octanol–water partition coefficient (Wildman–Crippen LogP) is 2.27. The molecule has 0 unspecified atom stereocenters. The number of nitrogens with one attached hydrogen (secondary N) is 1. The molecule has 1 aromatic heterocycles. The van der Waals surface area contributed by atoms with Crippen molar-refractivity contribution >= 4 is 29.1 Å². The van der Waals surface area contributed by atoms with Gasteiger partial charge in [0.1, 0.15) is 5.15 Å². The summed E-state index contributed by atoms with van der Waals surface area (Å²) in [6.45, 7) is 2.13. The lowest BCUT2D eigenvalue weighted by Gasteiger charge is -2.06. The molecule has 0 fully saturated rings. The predicted molar refractivity (Wildman–Crippen MR) is 81.9 cm³/mol. The first-order valence-corrected chi connectivity index (χ1v) is 7.15. The number of hydrogen-bond donors (Lipinski definition) is 2. The Kier molecular flexibility index (Phi) is 5.22. The maximum absolute atomic E-state index is 12.0. The number of aliphatic hydroxyl groups excluding tert-OH is 1. The molecule has 0 aliphatic rings. The first kappa shape index (κ1) is 15.8. The zero-order valence-corrected chi connectivity index (χ0v) is 12.9. The second-order valence-corrected chi connectivity index (χ2v) is 5.24. The lowest BCUT2D eigenvalue weighted by Crippen LogP contribution is -2.26. The molecular weight excluding hydrogens is 313 g/mol. The first-order valence-electron chi connectivity index (χ1n) is 6.40. The van der Waals surface area contributed by atoms with Crippen LogP contribution in [0.5, 0.6) is 0 Å². The fourth-order valence-electron chi connectivity index (χ4n) is 1.96. The number of nitrogens with zero attached hydrogens (tertiary/aromatic N) is 2. The maximum atomic E-state index is 12.0. The summed E-state index contributed by atoms with van der Waals surface area (Å²) < 4.78 is 1.53. The number of aliphatic hydroxyl groups is 1. The van der Waals surface area contributed by atoms with Gasteiger partial charge in [-0.25, -0.2) is 4.68 Å². The molecule has 1 heterocycles. The van der Waals surface area contributed by atoms with Crippen molar-refractivity contribution in [2.75, 3.05) is 13.2 Å². The van der Waals surface area contributed by atoms with Crippen molar-refractivity contribution in [3.8, 4) is 0 Å². The van der Waals surface area contributed by atoms with Crippen LogP contribution in [0.2, 0.25) is 10.2 Å². The van der Waals surface area contributed by atoms with E-state index in [-0.39, 0.29) is 24.2 Å². The van der Waals surface area contributed by atoms with E-state index in [4.69, 9.17) is 28.3 Å². The maximum Gasteiger partial charge on any atom is 0.256 e. The number of rotatable bonds is 5. The van der Waals surface area contributed by atoms with Crippen molar-refractivity contribution in [1.29, 1.82) is 0 Å². The Balaban J connectivity index is 2.27. The highest BCUT2D eigenvalue weighted by Crippen LogP contribution is 2.23. The van der Waals surface area contributed by atoms with E-state index in [2.05, 4.69) is 10.4 Å². The van der Waals surface area contributed by atoms with Crippen LogP contribution in [0.1, 0.15) is 21.6 Å². The standard InChI is InChI=1S/C14H15Cl2N3O2/c1-9-12(14(21)17-6-7-20)13(16)19(18-9)8-10-4-2-3-5-11(10)15/h2-5,20H,6-8H2,1H3,(H,17,21). The van der Waals surface area contributed by atoms with Gasteiger partial charge in [0.15, 0.2) is 0 Å². The second kappa shape index (κ2) is 6.93. The van der Waals surface area contributed by atoms with E-state index in [1.165, 1.54) is 4.68 Å². The van der Waals surface area contributed by atoms with Crippen molar-refractivity contribution in [2.24, 2.45) is 0 Å². The van der Waals surface area contributed by atoms with Gasteiger partial charge in [0.25, 0.3) is 5.91 Å². The van der Waals surface area contributed by atoms with Crippen molar-refractivity contribution in [1.82, 2.24) is 15.1 Å². The molecule has 0 aliphatic carbocycles. The molecule has 0 atom stereocenters. The van der Waals surface area contributed by atoms with Crippen molar-refractivity contribution in [2.45, 2.75) is 13.5 Å². The molecule has 0 radical (unpaired) electrons. The molecular formula is C14H15Cl2N3O2. The molecule has 112 valence electrons. The molecule has 1 aromatic carbocycles. The molecule has 0 spiro atoms. The summed E-state index contributed by atoms with van der Waals surface area (Å²) in [5, 5.41) is 16.5. The summed E-state index contributed by atoms with van der Waals surface area (Å²) in [7, 11) is 0. The quantitative estimate of drug-likeness (QED) is 0.885. The van der Waals surface area contributed by atoms with Gasteiger partial charge in [0, 0.05) is 11.6 Å². The first-order chi connectivity index (χ1) is 10.0. The zero-order chi connectivity index (χ0) is 15.4. The number of halogens is 2. The van der Waals surface area contributed by atoms with Gasteiger partial charge < -0.3 is 10.4 Å². The average molecular weight is 328 g/mol. The van der Waals surface area contributed by atoms with Crippen molar-refractivity contribution < 1.29 is 9.90 Å². The van der Waals surface area contributed by atoms with Crippen LogP contribution in [-0.4, -0.2) is 33.9 Å². The van der Waals surface area contributed by atoms with Crippen LogP contribution < -0.4 is 5.32 Å². The Bertz CT molecular complexity index is 656. The van der Waals surface area contributed by atoms with E-state index in [1.54, 1.807) is 13.0 Å². The summed E-state index contributed by atoms with van der Waals surface area (Å²) in [5.74, 6) is -0.350. The van der Waals surface area contributed by atoms with Gasteiger partial charge >= 0.3 is 0 Å². The largest absolute Gasteiger partial charge is 0.395 e. The van der Waals surface area contributed by atoms with E-state index in [0.29, 0.717) is 22.8 Å². The topological polar surface area (TPSA) is 67.2 Å². The number of carbonyl (C=O) groups excluding carboxylic acids is 1. The van der Waals surface area contributed by atoms with E-state index in [1.807, 2.05) is 18.2 Å². The number of aromatic nitrogens is 2. The van der Waals surface area contributed by atoms with Crippen LogP contribution in [0.4, 0.5) is 0 Å². The molecule has 0 aliphatic heterocycles. The number of amides is 1. The van der Waals surface area contributed by atoms with Crippen LogP contribution in [0.15, 0.2) is 24.3 Å². The smallest absolute Gasteiger partial charge is 0.256 e. The highest BCUT2D eigenvalue weighted by atomic mass is 35.5. The highest BCUT2D eigenvalue weighted by Gasteiger charge is 2.20. The monoisotopic (exact) mass is 327 g/mol. The average Bonchev–Trinajstić information content (AvgIpc) is 2.73. The van der Waals surface area contributed by atoms with Crippen LogP contribution in [0.25, 0.3) is 0 Å². The number of carbonyl (C=O) groups is 1. The second-order valence-electron chi connectivity index (χ2n) is 4.48. The Morgan fingerprint density at radius 2 is 2.10 bits per heavy atom. The number of hydrogen-bond acceptors (Lipinski definition) is 3. The van der Waals surface area contributed by atoms with Crippen molar-refractivity contribution in [3.63, 3.8) is 0 Å². The highest BCUT2D eigenvalue weighted by molar-refractivity contribution is 6.33. The molecule has 0 saturated carbocycles. The molecule has 5 nitrogen and oxygen atoms in total. The molecule has 7 heteroatoms. The van der Waals surface area contributed by atoms with E-state index in [9.17, 15) is 4.79 Å². The summed E-state index contributed by atoms with van der Waals surface area (Å²) in [6.07, 6.45) is 0. The van der Waals surface area contributed by atoms with E-state index in [0.717, 1.165) is 5.56 Å². The van der Waals surface area contributed by atoms with Gasteiger partial charge in [-0.15, -0.1) is 0 Å². The van der Waals surface area contributed by atoms with Gasteiger partial charge in [-0.1, -0.05) is 41.4 Å². The Morgan fingerprint density at radius 3 is 2.76 bits per heavy atom. The third kappa shape index (κ3) is 3.56. The lowest BCUT2D eigenvalue weighted by atomic mass is 10.2. The van der Waals surface area contributed by atoms with Gasteiger partial charge in [-0.3, -0.25) is 4.79 Å². The van der Waals surface area contributed by atoms with Gasteiger partial charge in [0.2, 0.25) is 0 Å². The summed E-state index contributed by atoms with van der Waals surface area (Å²) in [6, 6.07) is 7.38. The Morgan fingerprint density at radius 1 is 1.38 bits per heavy atom. The SMILES string of the molecule is Cc1nn(Cc2ccccc2Cl)c(Cl)c1C(=O)NCCO. The van der Waals surface area contributed by atoms with Crippen LogP contribution >= 0.6 is 23.2 Å². The van der Waals surface area contributed by atoms with Crippen LogP contribution in [0, 0.1) is 6.92 Å². The minimum absolute atomic E-state index is 0.129.